The van der Waals surface area contributed by atoms with Crippen LogP contribution in [0.3, 0.4) is 0 Å². The fraction of sp³-hybridized carbons (Fsp3) is 0.267. The van der Waals surface area contributed by atoms with Crippen molar-refractivity contribution in [2.75, 3.05) is 27.2 Å². The van der Waals surface area contributed by atoms with E-state index in [4.69, 9.17) is 16.3 Å². The van der Waals surface area contributed by atoms with Crippen LogP contribution in [0.25, 0.3) is 5.76 Å². The Hall–Kier alpha value is -3.61. The lowest BCUT2D eigenvalue weighted by atomic mass is 9.94. The second-order valence-corrected chi connectivity index (χ2v) is 10.0. The highest BCUT2D eigenvalue weighted by molar-refractivity contribution is 6.46. The fourth-order valence-corrected chi connectivity index (χ4v) is 4.69. The second-order valence-electron chi connectivity index (χ2n) is 9.59. The Morgan fingerprint density at radius 1 is 1.03 bits per heavy atom. The maximum Gasteiger partial charge on any atom is 0.295 e. The van der Waals surface area contributed by atoms with Crippen molar-refractivity contribution in [2.24, 2.45) is 0 Å². The Morgan fingerprint density at radius 2 is 1.73 bits per heavy atom. The fourth-order valence-electron chi connectivity index (χ4n) is 4.56. The van der Waals surface area contributed by atoms with E-state index < -0.39 is 23.5 Å². The highest BCUT2D eigenvalue weighted by Gasteiger charge is 2.44. The van der Waals surface area contributed by atoms with Crippen molar-refractivity contribution < 1.29 is 24.3 Å². The molecule has 0 spiro atoms. The summed E-state index contributed by atoms with van der Waals surface area (Å²) in [5.41, 5.74) is 2.75. The standard InChI is InChI=1S/C30H31ClN2O4/c1-20-18-24(37-19-21-8-5-4-6-9-21)14-15-25(20)28(34)26-27(22-10-12-23(31)13-11-22)33(30(36)29(26)35)17-7-16-32(2)3/h4-6,8-15,18,27,34H,7,16-17,19H2,1-3H3/b28-26+. The van der Waals surface area contributed by atoms with Crippen molar-refractivity contribution in [1.29, 1.82) is 0 Å². The summed E-state index contributed by atoms with van der Waals surface area (Å²) in [4.78, 5) is 29.1. The molecule has 1 amide bonds. The zero-order chi connectivity index (χ0) is 26.5. The molecule has 3 aromatic carbocycles. The van der Waals surface area contributed by atoms with Gasteiger partial charge in [0, 0.05) is 23.6 Å². The van der Waals surface area contributed by atoms with E-state index >= 15 is 0 Å². The number of ether oxygens (including phenoxy) is 1. The molecule has 6 nitrogen and oxygen atoms in total. The highest BCUT2D eigenvalue weighted by atomic mass is 35.5. The summed E-state index contributed by atoms with van der Waals surface area (Å²) in [7, 11) is 4.06. The largest absolute Gasteiger partial charge is 0.872 e. The van der Waals surface area contributed by atoms with Gasteiger partial charge in [-0.05, 0) is 53.4 Å². The van der Waals surface area contributed by atoms with Crippen LogP contribution >= 0.6 is 11.6 Å². The monoisotopic (exact) mass is 518 g/mol. The molecule has 0 radical (unpaired) electrons. The Labute approximate surface area is 222 Å². The maximum atomic E-state index is 13.8. The third kappa shape index (κ3) is 6.04. The van der Waals surface area contributed by atoms with E-state index in [0.29, 0.717) is 47.0 Å². The molecule has 0 saturated carbocycles. The number of quaternary nitrogens is 1. The van der Waals surface area contributed by atoms with Crippen molar-refractivity contribution in [1.82, 2.24) is 4.90 Å². The number of ketones is 1. The number of carbonyl (C=O) groups excluding carboxylic acids is 2. The molecule has 0 bridgehead atoms. The van der Waals surface area contributed by atoms with Gasteiger partial charge >= 0.3 is 0 Å². The van der Waals surface area contributed by atoms with E-state index in [9.17, 15) is 14.7 Å². The van der Waals surface area contributed by atoms with Crippen LogP contribution in [0.4, 0.5) is 0 Å². The van der Waals surface area contributed by atoms with E-state index in [1.54, 1.807) is 49.4 Å². The van der Waals surface area contributed by atoms with E-state index in [1.807, 2.05) is 44.4 Å². The quantitative estimate of drug-likeness (QED) is 0.268. The summed E-state index contributed by atoms with van der Waals surface area (Å²) < 4.78 is 5.89. The molecule has 1 aliphatic rings. The topological polar surface area (TPSA) is 74.1 Å². The second kappa shape index (κ2) is 11.6. The van der Waals surface area contributed by atoms with Gasteiger partial charge in [-0.3, -0.25) is 9.59 Å². The lowest BCUT2D eigenvalue weighted by Crippen LogP contribution is -3.05. The number of aryl methyl sites for hydroxylation is 1. The molecule has 0 aliphatic carbocycles. The van der Waals surface area contributed by atoms with Crippen LogP contribution in [-0.4, -0.2) is 43.8 Å². The number of nitrogens with zero attached hydrogens (tertiary/aromatic N) is 1. The number of benzene rings is 3. The molecule has 7 heteroatoms. The Balaban J connectivity index is 1.68. The first-order valence-electron chi connectivity index (χ1n) is 12.3. The normalized spacial score (nSPS) is 17.0. The minimum absolute atomic E-state index is 0.0226. The van der Waals surface area contributed by atoms with Crippen LogP contribution in [0.1, 0.15) is 34.7 Å². The van der Waals surface area contributed by atoms with Gasteiger partial charge in [0.1, 0.15) is 12.4 Å². The number of nitrogens with one attached hydrogen (secondary N) is 1. The van der Waals surface area contributed by atoms with Gasteiger partial charge in [0.05, 0.1) is 26.7 Å². The average Bonchev–Trinajstić information content (AvgIpc) is 3.13. The van der Waals surface area contributed by atoms with Gasteiger partial charge < -0.3 is 19.6 Å². The molecular formula is C30H31ClN2O4. The van der Waals surface area contributed by atoms with Crippen molar-refractivity contribution in [3.63, 3.8) is 0 Å². The third-order valence-corrected chi connectivity index (χ3v) is 6.73. The molecule has 1 fully saturated rings. The van der Waals surface area contributed by atoms with E-state index in [2.05, 4.69) is 0 Å². The SMILES string of the molecule is Cc1cc(OCc2ccccc2)ccc1/C([O-])=C1\C(=O)C(=O)N(CCC[NH+](C)C)C1c1ccc(Cl)cc1. The average molecular weight is 519 g/mol. The number of Topliss-reactive ketones (excluding diaryl/α,β-unsaturated/α-hetero) is 1. The van der Waals surface area contributed by atoms with Crippen LogP contribution < -0.4 is 14.7 Å². The number of halogens is 1. The molecule has 1 unspecified atom stereocenters. The minimum Gasteiger partial charge on any atom is -0.872 e. The highest BCUT2D eigenvalue weighted by Crippen LogP contribution is 2.39. The lowest BCUT2D eigenvalue weighted by Gasteiger charge is -2.28. The molecule has 1 saturated heterocycles. The van der Waals surface area contributed by atoms with Crippen LogP contribution in [0.2, 0.25) is 5.02 Å². The third-order valence-electron chi connectivity index (χ3n) is 6.48. The number of likely N-dealkylation sites (tertiary alicyclic amines) is 1. The minimum atomic E-state index is -0.754. The molecule has 1 heterocycles. The van der Waals surface area contributed by atoms with E-state index in [0.717, 1.165) is 12.1 Å². The lowest BCUT2D eigenvalue weighted by molar-refractivity contribution is -0.858. The smallest absolute Gasteiger partial charge is 0.295 e. The molecule has 37 heavy (non-hydrogen) atoms. The van der Waals surface area contributed by atoms with E-state index in [-0.39, 0.29) is 5.57 Å². The van der Waals surface area contributed by atoms with Gasteiger partial charge in [0.2, 0.25) is 5.78 Å². The molecular weight excluding hydrogens is 488 g/mol. The number of hydrogen-bond acceptors (Lipinski definition) is 4. The summed E-state index contributed by atoms with van der Waals surface area (Å²) in [5.74, 6) is -1.20. The molecule has 3 aromatic rings. The van der Waals surface area contributed by atoms with Crippen molar-refractivity contribution >= 4 is 29.1 Å². The van der Waals surface area contributed by atoms with Crippen LogP contribution in [0, 0.1) is 6.92 Å². The zero-order valence-electron chi connectivity index (χ0n) is 21.3. The molecule has 1 aliphatic heterocycles. The Bertz CT molecular complexity index is 1300. The van der Waals surface area contributed by atoms with Gasteiger partial charge in [-0.2, -0.15) is 0 Å². The molecule has 0 aromatic heterocycles. The number of rotatable bonds is 9. The van der Waals surface area contributed by atoms with Gasteiger partial charge in [-0.1, -0.05) is 65.9 Å². The van der Waals surface area contributed by atoms with E-state index in [1.165, 1.54) is 9.80 Å². The van der Waals surface area contributed by atoms with Gasteiger partial charge in [-0.15, -0.1) is 0 Å². The zero-order valence-corrected chi connectivity index (χ0v) is 22.0. The van der Waals surface area contributed by atoms with Gasteiger partial charge in [0.25, 0.3) is 5.91 Å². The number of carbonyl (C=O) groups is 2. The molecule has 1 N–H and O–H groups in total. The number of amides is 1. The summed E-state index contributed by atoms with van der Waals surface area (Å²) in [6.07, 6.45) is 0.708. The number of hydrogen-bond donors (Lipinski definition) is 1. The van der Waals surface area contributed by atoms with Crippen molar-refractivity contribution in [3.8, 4) is 5.75 Å². The first-order chi connectivity index (χ1) is 17.8. The maximum absolute atomic E-state index is 13.8. The summed E-state index contributed by atoms with van der Waals surface area (Å²) in [5, 5.41) is 14.3. The predicted molar refractivity (Wildman–Crippen MR) is 142 cm³/mol. The van der Waals surface area contributed by atoms with Gasteiger partial charge in [0.15, 0.2) is 0 Å². The summed E-state index contributed by atoms with van der Waals surface area (Å²) in [6, 6.07) is 21.2. The van der Waals surface area contributed by atoms with Crippen molar-refractivity contribution in [2.45, 2.75) is 26.0 Å². The van der Waals surface area contributed by atoms with Crippen LogP contribution in [0.5, 0.6) is 5.75 Å². The van der Waals surface area contributed by atoms with Gasteiger partial charge in [-0.25, -0.2) is 0 Å². The first kappa shape index (κ1) is 26.5. The van der Waals surface area contributed by atoms with Crippen molar-refractivity contribution in [3.05, 3.63) is 106 Å². The molecule has 1 atom stereocenters. The van der Waals surface area contributed by atoms with Crippen LogP contribution in [0.15, 0.2) is 78.4 Å². The molecule has 192 valence electrons. The predicted octanol–water partition coefficient (Wildman–Crippen LogP) is 2.99. The Kier molecular flexibility index (Phi) is 8.31. The summed E-state index contributed by atoms with van der Waals surface area (Å²) in [6.45, 7) is 3.42. The first-order valence-corrected chi connectivity index (χ1v) is 12.7. The Morgan fingerprint density at radius 3 is 2.38 bits per heavy atom. The molecule has 4 rings (SSSR count). The van der Waals surface area contributed by atoms with Crippen LogP contribution in [-0.2, 0) is 16.2 Å². The summed E-state index contributed by atoms with van der Waals surface area (Å²) >= 11 is 6.09.